The van der Waals surface area contributed by atoms with E-state index in [0.717, 1.165) is 22.9 Å². The number of aromatic nitrogens is 6. The van der Waals surface area contributed by atoms with Crippen molar-refractivity contribution in [3.05, 3.63) is 48.0 Å². The molecule has 0 aliphatic carbocycles. The molecule has 7 heteroatoms. The highest BCUT2D eigenvalue weighted by atomic mass is 15.5. The van der Waals surface area contributed by atoms with Crippen LogP contribution in [0.1, 0.15) is 11.5 Å². The Morgan fingerprint density at radius 2 is 2.26 bits per heavy atom. The topological polar surface area (TPSA) is 84.3 Å². The summed E-state index contributed by atoms with van der Waals surface area (Å²) in [6, 6.07) is 9.86. The Morgan fingerprint density at radius 3 is 3.00 bits per heavy atom. The third-order valence-corrected chi connectivity index (χ3v) is 2.76. The van der Waals surface area contributed by atoms with E-state index in [-0.39, 0.29) is 0 Å². The molecule has 19 heavy (non-hydrogen) atoms. The molecule has 3 aromatic rings. The van der Waals surface area contributed by atoms with Crippen LogP contribution in [0, 0.1) is 6.92 Å². The van der Waals surface area contributed by atoms with Crippen molar-refractivity contribution in [1.82, 2.24) is 30.4 Å². The van der Waals surface area contributed by atoms with Crippen LogP contribution < -0.4 is 5.32 Å². The fourth-order valence-corrected chi connectivity index (χ4v) is 1.80. The zero-order chi connectivity index (χ0) is 13.1. The molecular weight excluding hydrogens is 242 g/mol. The van der Waals surface area contributed by atoms with Gasteiger partial charge in [0.25, 0.3) is 0 Å². The lowest BCUT2D eigenvalue weighted by Crippen LogP contribution is -2.03. The van der Waals surface area contributed by atoms with E-state index in [1.807, 2.05) is 37.3 Å². The molecule has 0 aliphatic heterocycles. The van der Waals surface area contributed by atoms with Gasteiger partial charge >= 0.3 is 0 Å². The molecule has 3 rings (SSSR count). The third-order valence-electron chi connectivity index (χ3n) is 2.76. The highest BCUT2D eigenvalue weighted by Crippen LogP contribution is 2.15. The van der Waals surface area contributed by atoms with E-state index < -0.39 is 0 Å². The van der Waals surface area contributed by atoms with Crippen molar-refractivity contribution in [2.75, 3.05) is 5.32 Å². The van der Waals surface area contributed by atoms with E-state index in [1.165, 1.54) is 0 Å². The van der Waals surface area contributed by atoms with Gasteiger partial charge in [-0.05, 0) is 41.6 Å². The second-order valence-corrected chi connectivity index (χ2v) is 4.12. The van der Waals surface area contributed by atoms with Crippen LogP contribution in [0.5, 0.6) is 0 Å². The maximum atomic E-state index is 3.95. The number of nitrogens with zero attached hydrogens (tertiary/aromatic N) is 5. The van der Waals surface area contributed by atoms with Crippen molar-refractivity contribution in [2.45, 2.75) is 13.5 Å². The summed E-state index contributed by atoms with van der Waals surface area (Å²) in [5.41, 5.74) is 2.96. The number of nitrogens with one attached hydrogen (secondary N) is 2. The molecule has 2 heterocycles. The van der Waals surface area contributed by atoms with Gasteiger partial charge in [0, 0.05) is 11.9 Å². The predicted molar refractivity (Wildman–Crippen MR) is 69.8 cm³/mol. The number of H-pyrrole nitrogens is 1. The summed E-state index contributed by atoms with van der Waals surface area (Å²) in [6.07, 6.45) is 1.73. The Labute approximate surface area is 109 Å². The molecule has 2 aromatic heterocycles. The molecule has 0 radical (unpaired) electrons. The largest absolute Gasteiger partial charge is 0.379 e. The first kappa shape index (κ1) is 11.4. The van der Waals surface area contributed by atoms with Crippen LogP contribution in [0.25, 0.3) is 5.69 Å². The van der Waals surface area contributed by atoms with Gasteiger partial charge in [-0.2, -0.15) is 9.78 Å². The maximum absolute atomic E-state index is 3.95. The predicted octanol–water partition coefficient (Wildman–Crippen LogP) is 1.31. The molecule has 0 amide bonds. The molecular formula is C12H13N7. The number of tetrazole rings is 1. The van der Waals surface area contributed by atoms with Crippen LogP contribution in [-0.4, -0.2) is 30.4 Å². The number of rotatable bonds is 4. The lowest BCUT2D eigenvalue weighted by atomic mass is 10.2. The first-order chi connectivity index (χ1) is 9.33. The normalized spacial score (nSPS) is 10.6. The van der Waals surface area contributed by atoms with Crippen molar-refractivity contribution in [1.29, 1.82) is 0 Å². The summed E-state index contributed by atoms with van der Waals surface area (Å²) >= 11 is 0. The van der Waals surface area contributed by atoms with E-state index >= 15 is 0 Å². The zero-order valence-corrected chi connectivity index (χ0v) is 10.4. The summed E-state index contributed by atoms with van der Waals surface area (Å²) in [6.45, 7) is 2.56. The Balaban J connectivity index is 1.78. The second-order valence-electron chi connectivity index (χ2n) is 4.12. The van der Waals surface area contributed by atoms with Gasteiger partial charge in [0.15, 0.2) is 5.82 Å². The van der Waals surface area contributed by atoms with Crippen LogP contribution in [0.4, 0.5) is 5.69 Å². The van der Waals surface area contributed by atoms with E-state index in [0.29, 0.717) is 6.54 Å². The van der Waals surface area contributed by atoms with E-state index in [1.54, 1.807) is 10.9 Å². The van der Waals surface area contributed by atoms with Crippen molar-refractivity contribution in [3.63, 3.8) is 0 Å². The van der Waals surface area contributed by atoms with Crippen LogP contribution in [0.2, 0.25) is 0 Å². The van der Waals surface area contributed by atoms with Crippen molar-refractivity contribution in [3.8, 4) is 5.69 Å². The van der Waals surface area contributed by atoms with Crippen molar-refractivity contribution >= 4 is 5.69 Å². The molecule has 0 atom stereocenters. The molecule has 0 spiro atoms. The van der Waals surface area contributed by atoms with Gasteiger partial charge in [-0.3, -0.25) is 5.10 Å². The zero-order valence-electron chi connectivity index (χ0n) is 10.4. The van der Waals surface area contributed by atoms with Crippen LogP contribution >= 0.6 is 0 Å². The minimum Gasteiger partial charge on any atom is -0.379 e. The number of hydrogen-bond donors (Lipinski definition) is 2. The van der Waals surface area contributed by atoms with E-state index in [2.05, 4.69) is 31.0 Å². The molecule has 7 nitrogen and oxygen atoms in total. The van der Waals surface area contributed by atoms with Crippen LogP contribution in [0.3, 0.4) is 0 Å². The van der Waals surface area contributed by atoms with Gasteiger partial charge in [-0.15, -0.1) is 5.10 Å². The Kier molecular flexibility index (Phi) is 2.93. The second kappa shape index (κ2) is 4.89. The van der Waals surface area contributed by atoms with E-state index in [9.17, 15) is 0 Å². The average molecular weight is 255 g/mol. The summed E-state index contributed by atoms with van der Waals surface area (Å²) in [4.78, 5) is 0. The first-order valence-corrected chi connectivity index (χ1v) is 5.90. The van der Waals surface area contributed by atoms with Gasteiger partial charge in [-0.25, -0.2) is 0 Å². The Bertz CT molecular complexity index is 656. The molecule has 96 valence electrons. The molecule has 0 aliphatic rings. The highest BCUT2D eigenvalue weighted by Gasteiger charge is 2.04. The summed E-state index contributed by atoms with van der Waals surface area (Å²) < 4.78 is 1.70. The molecule has 0 saturated carbocycles. The van der Waals surface area contributed by atoms with Crippen molar-refractivity contribution < 1.29 is 0 Å². The molecule has 0 bridgehead atoms. The summed E-state index contributed by atoms with van der Waals surface area (Å²) in [5.74, 6) is 0.755. The number of benzene rings is 1. The number of aromatic amines is 1. The fraction of sp³-hybridized carbons (Fsp3) is 0.167. The molecule has 0 fully saturated rings. The van der Waals surface area contributed by atoms with Gasteiger partial charge < -0.3 is 5.32 Å². The molecule has 0 saturated heterocycles. The monoisotopic (exact) mass is 255 g/mol. The standard InChI is InChI=1S/C12H13N7/c1-9-15-17-18-19(9)12-4-2-3-10(7-12)13-8-11-5-6-14-16-11/h2-7,13H,8H2,1H3,(H,14,16). The SMILES string of the molecule is Cc1nnnn1-c1cccc(NCc2ccn[nH]2)c1. The summed E-state index contributed by atoms with van der Waals surface area (Å²) in [7, 11) is 0. The third kappa shape index (κ3) is 2.44. The molecule has 0 unspecified atom stereocenters. The van der Waals surface area contributed by atoms with Crippen LogP contribution in [0.15, 0.2) is 36.5 Å². The molecule has 2 N–H and O–H groups in total. The number of anilines is 1. The quantitative estimate of drug-likeness (QED) is 0.734. The Morgan fingerprint density at radius 1 is 1.32 bits per heavy atom. The fourth-order valence-electron chi connectivity index (χ4n) is 1.80. The van der Waals surface area contributed by atoms with Gasteiger partial charge in [0.1, 0.15) is 0 Å². The van der Waals surface area contributed by atoms with Gasteiger partial charge in [-0.1, -0.05) is 6.07 Å². The van der Waals surface area contributed by atoms with Crippen LogP contribution in [-0.2, 0) is 6.54 Å². The minimum absolute atomic E-state index is 0.693. The van der Waals surface area contributed by atoms with Gasteiger partial charge in [0.05, 0.1) is 17.9 Å². The number of aryl methyl sites for hydroxylation is 1. The maximum Gasteiger partial charge on any atom is 0.153 e. The number of hydrogen-bond acceptors (Lipinski definition) is 5. The lowest BCUT2D eigenvalue weighted by molar-refractivity contribution is 0.779. The smallest absolute Gasteiger partial charge is 0.153 e. The average Bonchev–Trinajstić information content (AvgIpc) is 3.08. The highest BCUT2D eigenvalue weighted by molar-refractivity contribution is 5.51. The van der Waals surface area contributed by atoms with E-state index in [4.69, 9.17) is 0 Å². The first-order valence-electron chi connectivity index (χ1n) is 5.90. The van der Waals surface area contributed by atoms with Gasteiger partial charge in [0.2, 0.25) is 0 Å². The minimum atomic E-state index is 0.693. The summed E-state index contributed by atoms with van der Waals surface area (Å²) in [5, 5.41) is 21.6. The van der Waals surface area contributed by atoms with Crippen molar-refractivity contribution in [2.24, 2.45) is 0 Å². The lowest BCUT2D eigenvalue weighted by Gasteiger charge is -2.07. The Hall–Kier alpha value is -2.70. The molecule has 1 aromatic carbocycles.